The lowest BCUT2D eigenvalue weighted by Gasteiger charge is -2.23. The van der Waals surface area contributed by atoms with Crippen LogP contribution in [-0.4, -0.2) is 53.0 Å². The van der Waals surface area contributed by atoms with Gasteiger partial charge in [-0.05, 0) is 0 Å². The molecule has 1 aliphatic heterocycles. The van der Waals surface area contributed by atoms with Gasteiger partial charge in [-0.25, -0.2) is 8.51 Å². The maximum atomic E-state index is 11.2. The van der Waals surface area contributed by atoms with Gasteiger partial charge in [-0.3, -0.25) is 4.18 Å². The van der Waals surface area contributed by atoms with E-state index in [0.29, 0.717) is 0 Å². The van der Waals surface area contributed by atoms with Crippen molar-refractivity contribution in [2.24, 2.45) is 0 Å². The SMILES string of the molecule is O=[SH](/OCCO)=[SH]\N1CCNCC1. The standard InChI is InChI=1S/C6H16N2O3S2/c9-5-6-11-13(10)12-8-3-1-7-2-4-8/h7,9,12-13H,1-6H2. The Labute approximate surface area is 83.1 Å². The zero-order valence-corrected chi connectivity index (χ0v) is 9.14. The summed E-state index contributed by atoms with van der Waals surface area (Å²) in [5.74, 6) is 0. The van der Waals surface area contributed by atoms with Crippen LogP contribution in [0.15, 0.2) is 0 Å². The van der Waals surface area contributed by atoms with Gasteiger partial charge in [0.05, 0.1) is 13.2 Å². The van der Waals surface area contributed by atoms with Gasteiger partial charge in [0, 0.05) is 26.2 Å². The van der Waals surface area contributed by atoms with Gasteiger partial charge >= 0.3 is 0 Å². The monoisotopic (exact) mass is 228 g/mol. The zero-order chi connectivity index (χ0) is 9.52. The van der Waals surface area contributed by atoms with Crippen molar-refractivity contribution in [1.82, 2.24) is 9.62 Å². The highest BCUT2D eigenvalue weighted by atomic mass is 32.8. The Morgan fingerprint density at radius 1 is 1.54 bits per heavy atom. The zero-order valence-electron chi connectivity index (χ0n) is 7.35. The average molecular weight is 228 g/mol. The van der Waals surface area contributed by atoms with Crippen LogP contribution in [0, 0.1) is 0 Å². The fourth-order valence-electron chi connectivity index (χ4n) is 0.990. The summed E-state index contributed by atoms with van der Waals surface area (Å²) < 4.78 is 18.2. The molecule has 7 heteroatoms. The Kier molecular flexibility index (Phi) is 5.92. The van der Waals surface area contributed by atoms with Gasteiger partial charge in [-0.2, -0.15) is 0 Å². The van der Waals surface area contributed by atoms with Crippen molar-refractivity contribution in [1.29, 1.82) is 0 Å². The Morgan fingerprint density at radius 2 is 2.23 bits per heavy atom. The fourth-order valence-corrected chi connectivity index (χ4v) is 3.42. The molecule has 1 aliphatic rings. The molecule has 0 radical (unpaired) electrons. The van der Waals surface area contributed by atoms with E-state index >= 15 is 0 Å². The normalized spacial score (nSPS) is 22.5. The summed E-state index contributed by atoms with van der Waals surface area (Å²) in [5.41, 5.74) is 0. The third-order valence-electron chi connectivity index (χ3n) is 1.59. The van der Waals surface area contributed by atoms with Crippen molar-refractivity contribution in [3.8, 4) is 0 Å². The minimum Gasteiger partial charge on any atom is -0.394 e. The third-order valence-corrected chi connectivity index (χ3v) is 4.33. The summed E-state index contributed by atoms with van der Waals surface area (Å²) in [6.45, 7) is 3.79. The Hall–Kier alpha value is 0.340. The Bertz CT molecular complexity index is 212. The van der Waals surface area contributed by atoms with Crippen LogP contribution in [0.1, 0.15) is 0 Å². The lowest BCUT2D eigenvalue weighted by atomic mass is 10.4. The smallest absolute Gasteiger partial charge is 0.105 e. The van der Waals surface area contributed by atoms with Crippen LogP contribution >= 0.6 is 0 Å². The fraction of sp³-hybridized carbons (Fsp3) is 1.00. The van der Waals surface area contributed by atoms with E-state index in [2.05, 4.69) is 9.62 Å². The van der Waals surface area contributed by atoms with Crippen LogP contribution in [0.5, 0.6) is 0 Å². The van der Waals surface area contributed by atoms with E-state index in [1.54, 1.807) is 0 Å². The van der Waals surface area contributed by atoms with E-state index in [0.717, 1.165) is 36.7 Å². The highest BCUT2D eigenvalue weighted by Crippen LogP contribution is 1.91. The predicted molar refractivity (Wildman–Crippen MR) is 55.8 cm³/mol. The van der Waals surface area contributed by atoms with Crippen LogP contribution < -0.4 is 5.32 Å². The van der Waals surface area contributed by atoms with E-state index in [4.69, 9.17) is 9.29 Å². The highest BCUT2D eigenvalue weighted by Gasteiger charge is 2.05. The van der Waals surface area contributed by atoms with E-state index in [1.807, 2.05) is 0 Å². The summed E-state index contributed by atoms with van der Waals surface area (Å²) in [5, 5.41) is 11.7. The molecule has 0 aromatic rings. The number of aliphatic hydroxyl groups is 1. The lowest BCUT2D eigenvalue weighted by molar-refractivity contribution is 0.216. The maximum Gasteiger partial charge on any atom is 0.105 e. The molecule has 1 rings (SSSR count). The molecule has 5 nitrogen and oxygen atoms in total. The van der Waals surface area contributed by atoms with Crippen LogP contribution in [0.4, 0.5) is 0 Å². The maximum absolute atomic E-state index is 11.2. The van der Waals surface area contributed by atoms with Gasteiger partial charge in [-0.15, -0.1) is 0 Å². The molecular weight excluding hydrogens is 212 g/mol. The number of thiol groups is 2. The van der Waals surface area contributed by atoms with Gasteiger partial charge in [0.1, 0.15) is 9.64 Å². The number of hydrogen-bond donors (Lipinski definition) is 4. The van der Waals surface area contributed by atoms with Crippen molar-refractivity contribution < 1.29 is 13.5 Å². The summed E-state index contributed by atoms with van der Waals surface area (Å²) in [7, 11) is -0.917. The minimum atomic E-state index is -1.65. The van der Waals surface area contributed by atoms with Crippen LogP contribution in [0.25, 0.3) is 0 Å². The number of nitrogens with one attached hydrogen (secondary N) is 1. The highest BCUT2D eigenvalue weighted by molar-refractivity contribution is 8.26. The topological polar surface area (TPSA) is 61.8 Å². The number of nitrogens with zero attached hydrogens (tertiary/aromatic N) is 1. The summed E-state index contributed by atoms with van der Waals surface area (Å²) in [6, 6.07) is 0. The number of aliphatic hydroxyl groups excluding tert-OH is 1. The lowest BCUT2D eigenvalue weighted by Crippen LogP contribution is -2.41. The Balaban J connectivity index is 2.30. The second-order valence-electron chi connectivity index (χ2n) is 2.59. The molecule has 0 bridgehead atoms. The molecule has 0 spiro atoms. The molecule has 1 saturated heterocycles. The second kappa shape index (κ2) is 6.74. The molecule has 80 valence electrons. The first-order chi connectivity index (χ1) is 6.33. The largest absolute Gasteiger partial charge is 0.394 e. The van der Waals surface area contributed by atoms with Crippen molar-refractivity contribution in [2.45, 2.75) is 0 Å². The van der Waals surface area contributed by atoms with Crippen LogP contribution in [-0.2, 0) is 24.3 Å². The molecule has 0 aromatic carbocycles. The van der Waals surface area contributed by atoms with Crippen molar-refractivity contribution >= 4 is 20.1 Å². The van der Waals surface area contributed by atoms with Crippen LogP contribution in [0.3, 0.4) is 0 Å². The molecule has 1 atom stereocenters. The van der Waals surface area contributed by atoms with Crippen molar-refractivity contribution in [3.05, 3.63) is 0 Å². The Morgan fingerprint density at radius 3 is 2.85 bits per heavy atom. The van der Waals surface area contributed by atoms with E-state index in [9.17, 15) is 4.21 Å². The van der Waals surface area contributed by atoms with E-state index < -0.39 is 9.64 Å². The van der Waals surface area contributed by atoms with Gasteiger partial charge in [-0.1, -0.05) is 10.5 Å². The first-order valence-corrected chi connectivity index (χ1v) is 6.94. The number of rotatable bonds is 4. The predicted octanol–water partition coefficient (Wildman–Crippen LogP) is -2.06. The summed E-state index contributed by atoms with van der Waals surface area (Å²) >= 11 is 0. The third kappa shape index (κ3) is 4.94. The molecule has 0 aromatic heterocycles. The van der Waals surface area contributed by atoms with Crippen molar-refractivity contribution in [3.63, 3.8) is 0 Å². The van der Waals surface area contributed by atoms with Crippen molar-refractivity contribution in [2.75, 3.05) is 39.4 Å². The molecule has 1 fully saturated rings. The van der Waals surface area contributed by atoms with Gasteiger partial charge < -0.3 is 10.4 Å². The van der Waals surface area contributed by atoms with Gasteiger partial charge in [0.2, 0.25) is 0 Å². The summed E-state index contributed by atoms with van der Waals surface area (Å²) in [6.07, 6.45) is 0. The first-order valence-electron chi connectivity index (χ1n) is 4.21. The molecule has 2 N–H and O–H groups in total. The van der Waals surface area contributed by atoms with E-state index in [-0.39, 0.29) is 13.2 Å². The number of piperazine rings is 1. The molecule has 1 heterocycles. The molecule has 0 aliphatic carbocycles. The molecule has 13 heavy (non-hydrogen) atoms. The molecule has 0 amide bonds. The van der Waals surface area contributed by atoms with Gasteiger partial charge in [0.15, 0.2) is 0 Å². The summed E-state index contributed by atoms with van der Waals surface area (Å²) in [4.78, 5) is 0. The van der Waals surface area contributed by atoms with Crippen LogP contribution in [0.2, 0.25) is 0 Å². The first kappa shape index (κ1) is 11.4. The second-order valence-corrected chi connectivity index (χ2v) is 5.58. The molecule has 1 unspecified atom stereocenters. The van der Waals surface area contributed by atoms with E-state index in [1.165, 1.54) is 0 Å². The minimum absolute atomic E-state index is 0.0713. The number of hydrogen-bond acceptors (Lipinski definition) is 4. The molecular formula is C6H16N2O3S2. The quantitative estimate of drug-likeness (QED) is 0.417. The average Bonchev–Trinajstić information content (AvgIpc) is 2.16. The molecule has 0 saturated carbocycles. The van der Waals surface area contributed by atoms with Gasteiger partial charge in [0.25, 0.3) is 0 Å².